The van der Waals surface area contributed by atoms with Gasteiger partial charge >= 0.3 is 0 Å². The van der Waals surface area contributed by atoms with Crippen molar-refractivity contribution in [3.05, 3.63) is 29.8 Å². The van der Waals surface area contributed by atoms with Crippen molar-refractivity contribution in [3.63, 3.8) is 0 Å². The first-order chi connectivity index (χ1) is 7.27. The summed E-state index contributed by atoms with van der Waals surface area (Å²) in [7, 11) is 3.59. The van der Waals surface area contributed by atoms with Gasteiger partial charge in [0.05, 0.1) is 7.11 Å². The number of rotatable bonds is 5. The van der Waals surface area contributed by atoms with Gasteiger partial charge in [0.1, 0.15) is 5.75 Å². The molecule has 3 heteroatoms. The van der Waals surface area contributed by atoms with E-state index in [2.05, 4.69) is 17.5 Å². The molecule has 0 aliphatic heterocycles. The number of anilines is 1. The highest BCUT2D eigenvalue weighted by molar-refractivity contribution is 5.61. The van der Waals surface area contributed by atoms with Crippen LogP contribution in [0.1, 0.15) is 12.0 Å². The Morgan fingerprint density at radius 2 is 2.27 bits per heavy atom. The Labute approximate surface area is 90.9 Å². The predicted molar refractivity (Wildman–Crippen MR) is 65.0 cm³/mol. The summed E-state index contributed by atoms with van der Waals surface area (Å²) in [5.41, 5.74) is 7.44. The minimum absolute atomic E-state index is 0.722. The third-order valence-corrected chi connectivity index (χ3v) is 2.12. The SMILES string of the molecule is CNCCC=Cc1ccc(N)cc1OC. The molecule has 3 nitrogen and oxygen atoms in total. The van der Waals surface area contributed by atoms with Crippen LogP contribution >= 0.6 is 0 Å². The molecule has 1 aromatic carbocycles. The van der Waals surface area contributed by atoms with E-state index in [1.54, 1.807) is 7.11 Å². The summed E-state index contributed by atoms with van der Waals surface area (Å²) < 4.78 is 5.24. The van der Waals surface area contributed by atoms with Gasteiger partial charge in [0, 0.05) is 17.3 Å². The van der Waals surface area contributed by atoms with Crippen LogP contribution in [0, 0.1) is 0 Å². The van der Waals surface area contributed by atoms with E-state index < -0.39 is 0 Å². The quantitative estimate of drug-likeness (QED) is 0.571. The molecule has 82 valence electrons. The predicted octanol–water partition coefficient (Wildman–Crippen LogP) is 1.90. The molecule has 0 atom stereocenters. The van der Waals surface area contributed by atoms with Crippen molar-refractivity contribution < 1.29 is 4.74 Å². The molecule has 0 saturated carbocycles. The van der Waals surface area contributed by atoms with Crippen molar-refractivity contribution in [2.45, 2.75) is 6.42 Å². The molecular formula is C12H18N2O. The summed E-state index contributed by atoms with van der Waals surface area (Å²) in [6.45, 7) is 0.980. The summed E-state index contributed by atoms with van der Waals surface area (Å²) in [5.74, 6) is 0.815. The normalized spacial score (nSPS) is 10.8. The standard InChI is InChI=1S/C12H18N2O/c1-14-8-4-3-5-10-6-7-11(13)9-12(10)15-2/h3,5-7,9,14H,4,8,13H2,1-2H3. The first-order valence-corrected chi connectivity index (χ1v) is 5.02. The minimum atomic E-state index is 0.722. The molecular weight excluding hydrogens is 188 g/mol. The maximum Gasteiger partial charge on any atom is 0.128 e. The Kier molecular flexibility index (Phi) is 4.71. The molecule has 1 aromatic rings. The Morgan fingerprint density at radius 1 is 1.47 bits per heavy atom. The molecule has 0 aromatic heterocycles. The van der Waals surface area contributed by atoms with Crippen LogP contribution in [0.15, 0.2) is 24.3 Å². The largest absolute Gasteiger partial charge is 0.496 e. The van der Waals surface area contributed by atoms with E-state index in [0.29, 0.717) is 0 Å². The summed E-state index contributed by atoms with van der Waals surface area (Å²) in [6, 6.07) is 5.67. The van der Waals surface area contributed by atoms with Gasteiger partial charge in [-0.3, -0.25) is 0 Å². The number of nitrogen functional groups attached to an aromatic ring is 1. The van der Waals surface area contributed by atoms with Crippen LogP contribution < -0.4 is 15.8 Å². The average molecular weight is 206 g/mol. The number of methoxy groups -OCH3 is 1. The van der Waals surface area contributed by atoms with Gasteiger partial charge < -0.3 is 15.8 Å². The third-order valence-electron chi connectivity index (χ3n) is 2.12. The zero-order valence-corrected chi connectivity index (χ0v) is 9.29. The lowest BCUT2D eigenvalue weighted by Crippen LogP contribution is -2.05. The van der Waals surface area contributed by atoms with Crippen molar-refractivity contribution in [1.29, 1.82) is 0 Å². The van der Waals surface area contributed by atoms with Gasteiger partial charge in [0.15, 0.2) is 0 Å². The van der Waals surface area contributed by atoms with Gasteiger partial charge in [-0.15, -0.1) is 0 Å². The van der Waals surface area contributed by atoms with Gasteiger partial charge in [0.25, 0.3) is 0 Å². The van der Waals surface area contributed by atoms with Crippen molar-refractivity contribution in [3.8, 4) is 5.75 Å². The topological polar surface area (TPSA) is 47.3 Å². The number of nitrogens with one attached hydrogen (secondary N) is 1. The summed E-state index contributed by atoms with van der Waals surface area (Å²) in [6.07, 6.45) is 5.17. The van der Waals surface area contributed by atoms with Crippen molar-refractivity contribution in [2.75, 3.05) is 26.4 Å². The van der Waals surface area contributed by atoms with E-state index in [0.717, 1.165) is 30.0 Å². The summed E-state index contributed by atoms with van der Waals surface area (Å²) in [5, 5.41) is 3.09. The number of hydrogen-bond donors (Lipinski definition) is 2. The molecule has 0 aliphatic rings. The molecule has 0 amide bonds. The molecule has 0 aliphatic carbocycles. The van der Waals surface area contributed by atoms with Crippen LogP contribution in [0.3, 0.4) is 0 Å². The Bertz CT molecular complexity index is 334. The lowest BCUT2D eigenvalue weighted by atomic mass is 10.1. The molecule has 15 heavy (non-hydrogen) atoms. The number of ether oxygens (including phenoxy) is 1. The maximum absolute atomic E-state index is 5.67. The zero-order chi connectivity index (χ0) is 11.1. The highest BCUT2D eigenvalue weighted by Gasteiger charge is 1.98. The van der Waals surface area contributed by atoms with Crippen LogP contribution in [-0.4, -0.2) is 20.7 Å². The Hall–Kier alpha value is -1.48. The van der Waals surface area contributed by atoms with Gasteiger partial charge in [-0.25, -0.2) is 0 Å². The zero-order valence-electron chi connectivity index (χ0n) is 9.29. The molecule has 0 saturated heterocycles. The molecule has 0 bridgehead atoms. The van der Waals surface area contributed by atoms with E-state index in [4.69, 9.17) is 10.5 Å². The Morgan fingerprint density at radius 3 is 2.93 bits per heavy atom. The number of hydrogen-bond acceptors (Lipinski definition) is 3. The van der Waals surface area contributed by atoms with E-state index in [1.165, 1.54) is 0 Å². The van der Waals surface area contributed by atoms with Gasteiger partial charge in [-0.05, 0) is 32.1 Å². The second-order valence-corrected chi connectivity index (χ2v) is 3.30. The van der Waals surface area contributed by atoms with Crippen LogP contribution in [0.25, 0.3) is 6.08 Å². The first kappa shape index (κ1) is 11.6. The molecule has 0 unspecified atom stereocenters. The van der Waals surface area contributed by atoms with Gasteiger partial charge in [0.2, 0.25) is 0 Å². The molecule has 0 radical (unpaired) electrons. The fourth-order valence-corrected chi connectivity index (χ4v) is 1.30. The van der Waals surface area contributed by atoms with Crippen molar-refractivity contribution >= 4 is 11.8 Å². The number of nitrogens with two attached hydrogens (primary N) is 1. The molecule has 1 rings (SSSR count). The lowest BCUT2D eigenvalue weighted by Gasteiger charge is -2.05. The molecule has 0 heterocycles. The first-order valence-electron chi connectivity index (χ1n) is 5.02. The Balaban J connectivity index is 2.71. The van der Waals surface area contributed by atoms with E-state index >= 15 is 0 Å². The monoisotopic (exact) mass is 206 g/mol. The van der Waals surface area contributed by atoms with Crippen LogP contribution in [-0.2, 0) is 0 Å². The van der Waals surface area contributed by atoms with Crippen LogP contribution in [0.2, 0.25) is 0 Å². The van der Waals surface area contributed by atoms with Gasteiger partial charge in [-0.1, -0.05) is 12.2 Å². The van der Waals surface area contributed by atoms with Crippen molar-refractivity contribution in [1.82, 2.24) is 5.32 Å². The van der Waals surface area contributed by atoms with E-state index in [-0.39, 0.29) is 0 Å². The van der Waals surface area contributed by atoms with Crippen LogP contribution in [0.4, 0.5) is 5.69 Å². The molecule has 3 N–H and O–H groups in total. The fourth-order valence-electron chi connectivity index (χ4n) is 1.30. The third kappa shape index (κ3) is 3.64. The van der Waals surface area contributed by atoms with Gasteiger partial charge in [-0.2, -0.15) is 0 Å². The van der Waals surface area contributed by atoms with E-state index in [9.17, 15) is 0 Å². The smallest absolute Gasteiger partial charge is 0.128 e. The maximum atomic E-state index is 5.67. The fraction of sp³-hybridized carbons (Fsp3) is 0.333. The number of benzene rings is 1. The lowest BCUT2D eigenvalue weighted by molar-refractivity contribution is 0.414. The highest BCUT2D eigenvalue weighted by atomic mass is 16.5. The second kappa shape index (κ2) is 6.09. The second-order valence-electron chi connectivity index (χ2n) is 3.30. The summed E-state index contributed by atoms with van der Waals surface area (Å²) in [4.78, 5) is 0. The molecule has 0 spiro atoms. The highest BCUT2D eigenvalue weighted by Crippen LogP contribution is 2.22. The average Bonchev–Trinajstić information content (AvgIpc) is 2.26. The van der Waals surface area contributed by atoms with Crippen molar-refractivity contribution in [2.24, 2.45) is 0 Å². The van der Waals surface area contributed by atoms with E-state index in [1.807, 2.05) is 25.2 Å². The summed E-state index contributed by atoms with van der Waals surface area (Å²) >= 11 is 0. The molecule has 0 fully saturated rings. The minimum Gasteiger partial charge on any atom is -0.496 e. The van der Waals surface area contributed by atoms with Crippen LogP contribution in [0.5, 0.6) is 5.75 Å².